The topological polar surface area (TPSA) is 52.6 Å². The molecule has 0 amide bonds. The Balaban J connectivity index is 5.04. The van der Waals surface area contributed by atoms with Crippen LogP contribution in [0.4, 0.5) is 0 Å². The number of unbranched alkanes of at least 4 members (excludes halogenated alkanes) is 1. The van der Waals surface area contributed by atoms with Crippen LogP contribution in [0.3, 0.4) is 0 Å². The fourth-order valence-corrected chi connectivity index (χ4v) is 1.80. The second kappa shape index (κ2) is 8.54. The molecule has 0 rings (SSSR count). The number of allylic oxidation sites excluding steroid dienone is 1. The van der Waals surface area contributed by atoms with Crippen molar-refractivity contribution in [3.05, 3.63) is 17.9 Å². The smallest absolute Gasteiger partial charge is 0.320 e. The largest absolute Gasteiger partial charge is 0.468 e. The van der Waals surface area contributed by atoms with E-state index < -0.39 is 17.9 Å². The standard InChI is InChI=1S/C14H22O4/c1-6-8-9-11(7-2)10(3)12(13(15)17-4)14(16)18-5/h10,12H,2,6,8-9H2,1,3-5H3. The molecule has 18 heavy (non-hydrogen) atoms. The SMILES string of the molecule is C=C=C(CCCC)C(C)C(C(=O)OC)C(=O)OC. The Kier molecular flexibility index (Phi) is 7.81. The number of esters is 2. The normalized spacial score (nSPS) is 11.6. The zero-order valence-corrected chi connectivity index (χ0v) is 11.6. The van der Waals surface area contributed by atoms with Crippen LogP contribution in [0.5, 0.6) is 0 Å². The third kappa shape index (κ3) is 4.38. The van der Waals surface area contributed by atoms with Gasteiger partial charge in [-0.2, -0.15) is 0 Å². The molecule has 0 aromatic rings. The van der Waals surface area contributed by atoms with Crippen LogP contribution in [0.1, 0.15) is 33.1 Å². The molecule has 0 saturated heterocycles. The van der Waals surface area contributed by atoms with Gasteiger partial charge in [0.05, 0.1) is 14.2 Å². The molecule has 0 heterocycles. The predicted molar refractivity (Wildman–Crippen MR) is 68.9 cm³/mol. The van der Waals surface area contributed by atoms with E-state index in [0.717, 1.165) is 24.8 Å². The van der Waals surface area contributed by atoms with Gasteiger partial charge in [0.25, 0.3) is 0 Å². The highest BCUT2D eigenvalue weighted by Gasteiger charge is 2.35. The summed E-state index contributed by atoms with van der Waals surface area (Å²) in [7, 11) is 2.52. The van der Waals surface area contributed by atoms with E-state index in [1.165, 1.54) is 14.2 Å². The molecule has 0 aromatic heterocycles. The van der Waals surface area contributed by atoms with E-state index in [-0.39, 0.29) is 5.92 Å². The summed E-state index contributed by atoms with van der Waals surface area (Å²) in [6.07, 6.45) is 2.77. The van der Waals surface area contributed by atoms with Crippen LogP contribution in [-0.4, -0.2) is 26.2 Å². The van der Waals surface area contributed by atoms with Crippen LogP contribution >= 0.6 is 0 Å². The quantitative estimate of drug-likeness (QED) is 0.398. The van der Waals surface area contributed by atoms with Crippen LogP contribution in [-0.2, 0) is 19.1 Å². The summed E-state index contributed by atoms with van der Waals surface area (Å²) < 4.78 is 9.31. The van der Waals surface area contributed by atoms with Gasteiger partial charge in [0, 0.05) is 5.92 Å². The Morgan fingerprint density at radius 2 is 1.72 bits per heavy atom. The van der Waals surface area contributed by atoms with Gasteiger partial charge in [-0.1, -0.05) is 26.8 Å². The first-order valence-corrected chi connectivity index (χ1v) is 6.07. The van der Waals surface area contributed by atoms with Crippen LogP contribution in [0.15, 0.2) is 17.9 Å². The van der Waals surface area contributed by atoms with Crippen LogP contribution in [0.25, 0.3) is 0 Å². The maximum absolute atomic E-state index is 11.7. The molecule has 0 saturated carbocycles. The number of carbonyl (C=O) groups excluding carboxylic acids is 2. The number of hydrogen-bond donors (Lipinski definition) is 0. The highest BCUT2D eigenvalue weighted by Crippen LogP contribution is 2.26. The molecule has 102 valence electrons. The summed E-state index contributed by atoms with van der Waals surface area (Å²) >= 11 is 0. The van der Waals surface area contributed by atoms with Crippen molar-refractivity contribution in [3.63, 3.8) is 0 Å². The maximum Gasteiger partial charge on any atom is 0.320 e. The molecular weight excluding hydrogens is 232 g/mol. The van der Waals surface area contributed by atoms with Crippen molar-refractivity contribution in [2.24, 2.45) is 11.8 Å². The van der Waals surface area contributed by atoms with Crippen LogP contribution in [0.2, 0.25) is 0 Å². The molecule has 0 radical (unpaired) electrons. The fraction of sp³-hybridized carbons (Fsp3) is 0.643. The zero-order valence-electron chi connectivity index (χ0n) is 11.6. The average Bonchev–Trinajstić information content (AvgIpc) is 2.39. The summed E-state index contributed by atoms with van der Waals surface area (Å²) in [4.78, 5) is 23.3. The monoisotopic (exact) mass is 254 g/mol. The lowest BCUT2D eigenvalue weighted by molar-refractivity contribution is -0.160. The lowest BCUT2D eigenvalue weighted by Gasteiger charge is -2.21. The van der Waals surface area contributed by atoms with Gasteiger partial charge in [-0.3, -0.25) is 9.59 Å². The van der Waals surface area contributed by atoms with Crippen molar-refractivity contribution in [3.8, 4) is 0 Å². The van der Waals surface area contributed by atoms with Gasteiger partial charge in [-0.15, -0.1) is 5.73 Å². The second-order valence-corrected chi connectivity index (χ2v) is 4.12. The molecule has 0 aliphatic carbocycles. The Morgan fingerprint density at radius 3 is 2.06 bits per heavy atom. The summed E-state index contributed by atoms with van der Waals surface area (Å²) in [5, 5.41) is 0. The molecule has 1 atom stereocenters. The Labute approximate surface area is 109 Å². The number of rotatable bonds is 7. The van der Waals surface area contributed by atoms with Gasteiger partial charge in [-0.25, -0.2) is 0 Å². The van der Waals surface area contributed by atoms with Gasteiger partial charge in [0.2, 0.25) is 0 Å². The number of ether oxygens (including phenoxy) is 2. The Bertz CT molecular complexity index is 324. The lowest BCUT2D eigenvalue weighted by Crippen LogP contribution is -2.33. The molecule has 4 heteroatoms. The van der Waals surface area contributed by atoms with E-state index >= 15 is 0 Å². The zero-order chi connectivity index (χ0) is 14.1. The third-order valence-electron chi connectivity index (χ3n) is 2.99. The lowest BCUT2D eigenvalue weighted by atomic mass is 9.85. The van der Waals surface area contributed by atoms with Gasteiger partial charge in [0.1, 0.15) is 0 Å². The number of hydrogen-bond acceptors (Lipinski definition) is 4. The average molecular weight is 254 g/mol. The van der Waals surface area contributed by atoms with Crippen molar-refractivity contribution in [1.82, 2.24) is 0 Å². The van der Waals surface area contributed by atoms with E-state index in [1.807, 2.05) is 0 Å². The summed E-state index contributed by atoms with van der Waals surface area (Å²) in [5.41, 5.74) is 3.69. The van der Waals surface area contributed by atoms with Crippen LogP contribution in [0, 0.1) is 11.8 Å². The van der Waals surface area contributed by atoms with Crippen molar-refractivity contribution in [2.75, 3.05) is 14.2 Å². The van der Waals surface area contributed by atoms with Crippen LogP contribution < -0.4 is 0 Å². The Hall–Kier alpha value is -1.54. The molecular formula is C14H22O4. The first-order valence-electron chi connectivity index (χ1n) is 6.07. The molecule has 0 aliphatic heterocycles. The van der Waals surface area contributed by atoms with Crippen molar-refractivity contribution < 1.29 is 19.1 Å². The minimum atomic E-state index is -0.943. The molecule has 0 bridgehead atoms. The molecule has 4 nitrogen and oxygen atoms in total. The molecule has 1 unspecified atom stereocenters. The molecule has 0 aliphatic rings. The van der Waals surface area contributed by atoms with Crippen molar-refractivity contribution >= 4 is 11.9 Å². The molecule has 0 fully saturated rings. The van der Waals surface area contributed by atoms with Gasteiger partial charge < -0.3 is 9.47 Å². The van der Waals surface area contributed by atoms with Crippen molar-refractivity contribution in [1.29, 1.82) is 0 Å². The van der Waals surface area contributed by atoms with Gasteiger partial charge in [0.15, 0.2) is 5.92 Å². The minimum absolute atomic E-state index is 0.311. The molecule has 0 N–H and O–H groups in total. The third-order valence-corrected chi connectivity index (χ3v) is 2.99. The molecule has 0 aromatic carbocycles. The highest BCUT2D eigenvalue weighted by atomic mass is 16.5. The minimum Gasteiger partial charge on any atom is -0.468 e. The number of methoxy groups -OCH3 is 2. The predicted octanol–water partition coefficient (Wildman–Crippen LogP) is 2.49. The number of carbonyl (C=O) groups is 2. The highest BCUT2D eigenvalue weighted by molar-refractivity contribution is 5.95. The second-order valence-electron chi connectivity index (χ2n) is 4.12. The first kappa shape index (κ1) is 16.5. The van der Waals surface area contributed by atoms with Gasteiger partial charge in [-0.05, 0) is 18.4 Å². The summed E-state index contributed by atoms with van der Waals surface area (Å²) in [5.74, 6) is -2.42. The fourth-order valence-electron chi connectivity index (χ4n) is 1.80. The summed E-state index contributed by atoms with van der Waals surface area (Å²) in [6, 6.07) is 0. The Morgan fingerprint density at radius 1 is 1.22 bits per heavy atom. The summed E-state index contributed by atoms with van der Waals surface area (Å²) in [6.45, 7) is 7.49. The van der Waals surface area contributed by atoms with E-state index in [4.69, 9.17) is 0 Å². The van der Waals surface area contributed by atoms with E-state index in [9.17, 15) is 9.59 Å². The first-order chi connectivity index (χ1) is 8.53. The maximum atomic E-state index is 11.7. The van der Waals surface area contributed by atoms with E-state index in [0.29, 0.717) is 0 Å². The molecule has 0 spiro atoms. The van der Waals surface area contributed by atoms with E-state index in [2.05, 4.69) is 28.7 Å². The van der Waals surface area contributed by atoms with E-state index in [1.54, 1.807) is 6.92 Å². The van der Waals surface area contributed by atoms with Crippen molar-refractivity contribution in [2.45, 2.75) is 33.1 Å². The van der Waals surface area contributed by atoms with Gasteiger partial charge >= 0.3 is 11.9 Å².